The number of urea groups is 1. The van der Waals surface area contributed by atoms with E-state index in [4.69, 9.17) is 5.11 Å². The van der Waals surface area contributed by atoms with Gasteiger partial charge in [0.1, 0.15) is 11.3 Å². The van der Waals surface area contributed by atoms with E-state index in [9.17, 15) is 14.7 Å². The molecular weight excluding hydrogens is 276 g/mol. The number of hydrogen-bond donors (Lipinski definition) is 4. The third-order valence-electron chi connectivity index (χ3n) is 3.25. The van der Waals surface area contributed by atoms with Gasteiger partial charge < -0.3 is 20.4 Å². The van der Waals surface area contributed by atoms with Gasteiger partial charge in [0.15, 0.2) is 0 Å². The SMILES string of the molecule is CN1CCN(NC(=O)Nc2ccc(C(=O)O)c(O)c2)CC1. The van der Waals surface area contributed by atoms with Gasteiger partial charge in [-0.2, -0.15) is 0 Å². The maximum absolute atomic E-state index is 11.8. The predicted molar refractivity (Wildman–Crippen MR) is 76.3 cm³/mol. The number of hydrazine groups is 1. The number of anilines is 1. The van der Waals surface area contributed by atoms with Crippen LogP contribution in [0.15, 0.2) is 18.2 Å². The summed E-state index contributed by atoms with van der Waals surface area (Å²) in [5.74, 6) is -1.61. The van der Waals surface area contributed by atoms with Gasteiger partial charge in [0.25, 0.3) is 0 Å². The average molecular weight is 294 g/mol. The van der Waals surface area contributed by atoms with Crippen molar-refractivity contribution in [1.29, 1.82) is 0 Å². The van der Waals surface area contributed by atoms with E-state index in [1.165, 1.54) is 18.2 Å². The molecule has 114 valence electrons. The first-order valence-electron chi connectivity index (χ1n) is 6.53. The molecule has 2 rings (SSSR count). The Morgan fingerprint density at radius 2 is 1.86 bits per heavy atom. The van der Waals surface area contributed by atoms with Crippen LogP contribution >= 0.6 is 0 Å². The number of aromatic carboxylic acids is 1. The summed E-state index contributed by atoms with van der Waals surface area (Å²) in [5, 5.41) is 22.7. The fraction of sp³-hybridized carbons (Fsp3) is 0.385. The molecule has 0 atom stereocenters. The average Bonchev–Trinajstić information content (AvgIpc) is 2.41. The second-order valence-electron chi connectivity index (χ2n) is 4.89. The number of likely N-dealkylation sites (N-methyl/N-ethyl adjacent to an activating group) is 1. The molecule has 0 radical (unpaired) electrons. The third kappa shape index (κ3) is 4.07. The summed E-state index contributed by atoms with van der Waals surface area (Å²) in [6, 6.07) is 3.44. The Hall–Kier alpha value is -2.32. The lowest BCUT2D eigenvalue weighted by Gasteiger charge is -2.32. The summed E-state index contributed by atoms with van der Waals surface area (Å²) in [6.45, 7) is 3.20. The van der Waals surface area contributed by atoms with E-state index in [-0.39, 0.29) is 11.3 Å². The van der Waals surface area contributed by atoms with Gasteiger partial charge in [-0.15, -0.1) is 0 Å². The molecule has 1 aliphatic rings. The summed E-state index contributed by atoms with van der Waals surface area (Å²) < 4.78 is 0. The Kier molecular flexibility index (Phi) is 4.61. The zero-order valence-electron chi connectivity index (χ0n) is 11.7. The molecule has 8 nitrogen and oxygen atoms in total. The van der Waals surface area contributed by atoms with Crippen LogP contribution in [-0.2, 0) is 0 Å². The summed E-state index contributed by atoms with van der Waals surface area (Å²) in [5.41, 5.74) is 2.82. The van der Waals surface area contributed by atoms with Crippen molar-refractivity contribution in [2.45, 2.75) is 0 Å². The Morgan fingerprint density at radius 3 is 2.43 bits per heavy atom. The molecule has 2 amide bonds. The number of piperazine rings is 1. The highest BCUT2D eigenvalue weighted by Crippen LogP contribution is 2.21. The molecule has 1 fully saturated rings. The molecule has 1 heterocycles. The van der Waals surface area contributed by atoms with Crippen LogP contribution in [0.4, 0.5) is 10.5 Å². The number of nitrogens with one attached hydrogen (secondary N) is 2. The van der Waals surface area contributed by atoms with Crippen molar-refractivity contribution in [3.63, 3.8) is 0 Å². The lowest BCUT2D eigenvalue weighted by atomic mass is 10.2. The minimum atomic E-state index is -1.22. The highest BCUT2D eigenvalue weighted by Gasteiger charge is 2.16. The van der Waals surface area contributed by atoms with Gasteiger partial charge in [-0.25, -0.2) is 14.6 Å². The minimum Gasteiger partial charge on any atom is -0.507 e. The Labute approximate surface area is 121 Å². The van der Waals surface area contributed by atoms with Gasteiger partial charge in [0, 0.05) is 37.9 Å². The van der Waals surface area contributed by atoms with E-state index in [1.807, 2.05) is 7.05 Å². The van der Waals surface area contributed by atoms with Gasteiger partial charge in [-0.05, 0) is 19.2 Å². The first kappa shape index (κ1) is 15.1. The number of phenols is 1. The number of hydrogen-bond acceptors (Lipinski definition) is 5. The normalized spacial score (nSPS) is 16.4. The van der Waals surface area contributed by atoms with Crippen molar-refractivity contribution in [3.05, 3.63) is 23.8 Å². The first-order valence-corrected chi connectivity index (χ1v) is 6.53. The summed E-state index contributed by atoms with van der Waals surface area (Å²) in [7, 11) is 2.02. The van der Waals surface area contributed by atoms with Crippen molar-refractivity contribution < 1.29 is 19.8 Å². The smallest absolute Gasteiger partial charge is 0.339 e. The summed E-state index contributed by atoms with van der Waals surface area (Å²) >= 11 is 0. The van der Waals surface area contributed by atoms with Crippen LogP contribution in [-0.4, -0.2) is 65.3 Å². The van der Waals surface area contributed by atoms with Crippen molar-refractivity contribution >= 4 is 17.7 Å². The number of carboxylic acids is 1. The Morgan fingerprint density at radius 1 is 1.19 bits per heavy atom. The van der Waals surface area contributed by atoms with Crippen LogP contribution in [0.3, 0.4) is 0 Å². The first-order chi connectivity index (χ1) is 9.95. The van der Waals surface area contributed by atoms with Crippen LogP contribution in [0.5, 0.6) is 5.75 Å². The van der Waals surface area contributed by atoms with Crippen LogP contribution < -0.4 is 10.7 Å². The molecule has 0 aromatic heterocycles. The van der Waals surface area contributed by atoms with Crippen molar-refractivity contribution in [2.75, 3.05) is 38.5 Å². The predicted octanol–water partition coefficient (Wildman–Crippen LogP) is 0.374. The van der Waals surface area contributed by atoms with E-state index in [0.717, 1.165) is 26.2 Å². The van der Waals surface area contributed by atoms with Gasteiger partial charge in [-0.3, -0.25) is 5.43 Å². The number of nitrogens with zero attached hydrogens (tertiary/aromatic N) is 2. The molecule has 0 unspecified atom stereocenters. The molecule has 21 heavy (non-hydrogen) atoms. The molecule has 1 aliphatic heterocycles. The highest BCUT2D eigenvalue weighted by atomic mass is 16.4. The van der Waals surface area contributed by atoms with Crippen LogP contribution in [0, 0.1) is 0 Å². The largest absolute Gasteiger partial charge is 0.507 e. The number of aromatic hydroxyl groups is 1. The molecule has 4 N–H and O–H groups in total. The second kappa shape index (κ2) is 6.42. The van der Waals surface area contributed by atoms with E-state index in [0.29, 0.717) is 5.69 Å². The zero-order chi connectivity index (χ0) is 15.4. The van der Waals surface area contributed by atoms with E-state index >= 15 is 0 Å². The number of carbonyl (C=O) groups excluding carboxylic acids is 1. The van der Waals surface area contributed by atoms with Crippen molar-refractivity contribution in [2.24, 2.45) is 0 Å². The summed E-state index contributed by atoms with van der Waals surface area (Å²) in [4.78, 5) is 24.8. The molecule has 1 aromatic rings. The lowest BCUT2D eigenvalue weighted by Crippen LogP contribution is -2.53. The molecule has 0 aliphatic carbocycles. The minimum absolute atomic E-state index is 0.208. The molecule has 0 spiro atoms. The lowest BCUT2D eigenvalue weighted by molar-refractivity contribution is 0.0694. The van der Waals surface area contributed by atoms with Gasteiger partial charge in [0.2, 0.25) is 0 Å². The topological polar surface area (TPSA) is 105 Å². The Bertz CT molecular complexity index is 541. The third-order valence-corrected chi connectivity index (χ3v) is 3.25. The number of carbonyl (C=O) groups is 2. The van der Waals surface area contributed by atoms with Crippen molar-refractivity contribution in [3.8, 4) is 5.75 Å². The standard InChI is InChI=1S/C13H18N4O4/c1-16-4-6-17(7-5-16)15-13(21)14-9-2-3-10(12(19)20)11(18)8-9/h2-3,8,18H,4-7H2,1H3,(H,19,20)(H2,14,15,21). The molecule has 0 bridgehead atoms. The number of amides is 2. The van der Waals surface area contributed by atoms with Crippen LogP contribution in [0.25, 0.3) is 0 Å². The number of benzene rings is 1. The molecule has 1 saturated heterocycles. The number of rotatable bonds is 3. The molecule has 8 heteroatoms. The van der Waals surface area contributed by atoms with E-state index < -0.39 is 12.0 Å². The quantitative estimate of drug-likeness (QED) is 0.642. The van der Waals surface area contributed by atoms with Gasteiger partial charge in [0.05, 0.1) is 0 Å². The highest BCUT2D eigenvalue weighted by molar-refractivity contribution is 5.93. The number of carboxylic acid groups (broad SMARTS) is 1. The molecule has 1 aromatic carbocycles. The van der Waals surface area contributed by atoms with E-state index in [2.05, 4.69) is 15.6 Å². The van der Waals surface area contributed by atoms with Gasteiger partial charge >= 0.3 is 12.0 Å². The Balaban J connectivity index is 1.91. The fourth-order valence-corrected chi connectivity index (χ4v) is 2.01. The van der Waals surface area contributed by atoms with Crippen LogP contribution in [0.1, 0.15) is 10.4 Å². The monoisotopic (exact) mass is 294 g/mol. The van der Waals surface area contributed by atoms with Crippen LogP contribution in [0.2, 0.25) is 0 Å². The van der Waals surface area contributed by atoms with E-state index in [1.54, 1.807) is 5.01 Å². The maximum Gasteiger partial charge on any atom is 0.339 e. The fourth-order valence-electron chi connectivity index (χ4n) is 2.01. The maximum atomic E-state index is 11.8. The molecule has 0 saturated carbocycles. The second-order valence-corrected chi connectivity index (χ2v) is 4.89. The molecular formula is C13H18N4O4. The summed E-state index contributed by atoms with van der Waals surface area (Å²) in [6.07, 6.45) is 0. The van der Waals surface area contributed by atoms with Crippen molar-refractivity contribution in [1.82, 2.24) is 15.3 Å². The zero-order valence-corrected chi connectivity index (χ0v) is 11.7. The van der Waals surface area contributed by atoms with Gasteiger partial charge in [-0.1, -0.05) is 0 Å².